The van der Waals surface area contributed by atoms with Crippen molar-refractivity contribution in [3.05, 3.63) is 0 Å². The third-order valence-corrected chi connectivity index (χ3v) is 4.45. The van der Waals surface area contributed by atoms with Crippen molar-refractivity contribution >= 4 is 17.5 Å². The van der Waals surface area contributed by atoms with Gasteiger partial charge in [-0.1, -0.05) is 20.8 Å². The standard InChI is InChI=1S/C15H28ClNO/c1-15(2,3)13-8-6-12(7-9-13)14(18)17-11-5-4-10-16/h12-13H,4-11H2,1-3H3,(H,17,18). The van der Waals surface area contributed by atoms with Gasteiger partial charge in [-0.25, -0.2) is 0 Å². The fourth-order valence-corrected chi connectivity index (χ4v) is 2.99. The first-order chi connectivity index (χ1) is 8.45. The molecule has 2 nitrogen and oxygen atoms in total. The summed E-state index contributed by atoms with van der Waals surface area (Å²) in [6, 6.07) is 0. The van der Waals surface area contributed by atoms with Gasteiger partial charge in [0.05, 0.1) is 0 Å². The molecule has 0 radical (unpaired) electrons. The molecule has 1 aliphatic rings. The average Bonchev–Trinajstić information content (AvgIpc) is 2.33. The van der Waals surface area contributed by atoms with E-state index >= 15 is 0 Å². The number of carbonyl (C=O) groups is 1. The molecule has 0 spiro atoms. The van der Waals surface area contributed by atoms with Gasteiger partial charge in [0.2, 0.25) is 5.91 Å². The van der Waals surface area contributed by atoms with Gasteiger partial charge in [-0.2, -0.15) is 0 Å². The molecule has 0 heterocycles. The number of carbonyl (C=O) groups excluding carboxylic acids is 1. The molecular weight excluding hydrogens is 246 g/mol. The minimum Gasteiger partial charge on any atom is -0.356 e. The van der Waals surface area contributed by atoms with E-state index in [1.807, 2.05) is 0 Å². The highest BCUT2D eigenvalue weighted by Crippen LogP contribution is 2.39. The molecule has 0 unspecified atom stereocenters. The maximum absolute atomic E-state index is 12.0. The largest absolute Gasteiger partial charge is 0.356 e. The molecule has 0 aromatic rings. The first-order valence-electron chi connectivity index (χ1n) is 7.29. The summed E-state index contributed by atoms with van der Waals surface area (Å²) in [6.07, 6.45) is 6.49. The zero-order valence-corrected chi connectivity index (χ0v) is 12.9. The molecule has 1 rings (SSSR count). The Balaban J connectivity index is 2.23. The second-order valence-corrected chi connectivity index (χ2v) is 6.98. The van der Waals surface area contributed by atoms with E-state index in [-0.39, 0.29) is 11.8 Å². The van der Waals surface area contributed by atoms with Gasteiger partial charge in [0.1, 0.15) is 0 Å². The minimum atomic E-state index is 0.250. The maximum Gasteiger partial charge on any atom is 0.223 e. The van der Waals surface area contributed by atoms with E-state index in [1.165, 1.54) is 12.8 Å². The third kappa shape index (κ3) is 5.17. The first-order valence-corrected chi connectivity index (χ1v) is 7.82. The number of unbranched alkanes of at least 4 members (excludes halogenated alkanes) is 1. The van der Waals surface area contributed by atoms with Crippen molar-refractivity contribution < 1.29 is 4.79 Å². The Morgan fingerprint density at radius 3 is 2.28 bits per heavy atom. The molecule has 0 saturated heterocycles. The van der Waals surface area contributed by atoms with Crippen LogP contribution < -0.4 is 5.32 Å². The lowest BCUT2D eigenvalue weighted by Gasteiger charge is -2.36. The lowest BCUT2D eigenvalue weighted by Crippen LogP contribution is -2.35. The second-order valence-electron chi connectivity index (χ2n) is 6.60. The van der Waals surface area contributed by atoms with Crippen LogP contribution in [-0.2, 0) is 4.79 Å². The predicted octanol–water partition coefficient (Wildman–Crippen LogP) is 3.97. The molecule has 1 fully saturated rings. The smallest absolute Gasteiger partial charge is 0.223 e. The lowest BCUT2D eigenvalue weighted by atomic mass is 9.69. The Bertz CT molecular complexity index is 252. The summed E-state index contributed by atoms with van der Waals surface area (Å²) in [5.74, 6) is 1.97. The number of hydrogen-bond donors (Lipinski definition) is 1. The van der Waals surface area contributed by atoms with Gasteiger partial charge in [-0.15, -0.1) is 11.6 Å². The highest BCUT2D eigenvalue weighted by molar-refractivity contribution is 6.17. The Morgan fingerprint density at radius 1 is 1.17 bits per heavy atom. The van der Waals surface area contributed by atoms with Crippen LogP contribution in [0.4, 0.5) is 0 Å². The molecule has 1 amide bonds. The Kier molecular flexibility index (Phi) is 6.48. The van der Waals surface area contributed by atoms with Crippen LogP contribution in [0.15, 0.2) is 0 Å². The number of hydrogen-bond acceptors (Lipinski definition) is 1. The van der Waals surface area contributed by atoms with E-state index in [2.05, 4.69) is 26.1 Å². The Hall–Kier alpha value is -0.240. The summed E-state index contributed by atoms with van der Waals surface area (Å²) in [5, 5.41) is 3.04. The Labute approximate surface area is 117 Å². The van der Waals surface area contributed by atoms with Crippen molar-refractivity contribution in [2.75, 3.05) is 12.4 Å². The quantitative estimate of drug-likeness (QED) is 0.596. The normalized spacial score (nSPS) is 24.9. The van der Waals surface area contributed by atoms with Crippen molar-refractivity contribution in [3.63, 3.8) is 0 Å². The topological polar surface area (TPSA) is 29.1 Å². The zero-order chi connectivity index (χ0) is 13.6. The zero-order valence-electron chi connectivity index (χ0n) is 12.1. The second kappa shape index (κ2) is 7.37. The summed E-state index contributed by atoms with van der Waals surface area (Å²) in [5.41, 5.74) is 0.391. The van der Waals surface area contributed by atoms with Gasteiger partial charge >= 0.3 is 0 Å². The number of rotatable bonds is 5. The summed E-state index contributed by atoms with van der Waals surface area (Å²) in [4.78, 5) is 12.0. The molecule has 1 saturated carbocycles. The van der Waals surface area contributed by atoms with Crippen molar-refractivity contribution in [3.8, 4) is 0 Å². The highest BCUT2D eigenvalue weighted by atomic mass is 35.5. The van der Waals surface area contributed by atoms with E-state index < -0.39 is 0 Å². The third-order valence-electron chi connectivity index (χ3n) is 4.18. The van der Waals surface area contributed by atoms with Crippen molar-refractivity contribution in [2.45, 2.75) is 59.3 Å². The van der Waals surface area contributed by atoms with Crippen LogP contribution in [0.5, 0.6) is 0 Å². The molecule has 0 atom stereocenters. The average molecular weight is 274 g/mol. The summed E-state index contributed by atoms with van der Waals surface area (Å²) >= 11 is 5.61. The van der Waals surface area contributed by atoms with Gasteiger partial charge in [0.25, 0.3) is 0 Å². The molecule has 0 bridgehead atoms. The maximum atomic E-state index is 12.0. The lowest BCUT2D eigenvalue weighted by molar-refractivity contribution is -0.126. The summed E-state index contributed by atoms with van der Waals surface area (Å²) in [7, 11) is 0. The van der Waals surface area contributed by atoms with Crippen LogP contribution in [0, 0.1) is 17.3 Å². The molecule has 1 N–H and O–H groups in total. The highest BCUT2D eigenvalue weighted by Gasteiger charge is 2.32. The molecule has 3 heteroatoms. The summed E-state index contributed by atoms with van der Waals surface area (Å²) < 4.78 is 0. The van der Waals surface area contributed by atoms with Crippen LogP contribution in [0.2, 0.25) is 0 Å². The van der Waals surface area contributed by atoms with Crippen molar-refractivity contribution in [1.29, 1.82) is 0 Å². The van der Waals surface area contributed by atoms with E-state index in [4.69, 9.17) is 11.6 Å². The van der Waals surface area contributed by atoms with Crippen LogP contribution in [0.25, 0.3) is 0 Å². The monoisotopic (exact) mass is 273 g/mol. The molecule has 0 aliphatic heterocycles. The molecule has 0 aromatic heterocycles. The Morgan fingerprint density at radius 2 is 1.78 bits per heavy atom. The van der Waals surface area contributed by atoms with Gasteiger partial charge in [-0.3, -0.25) is 4.79 Å². The fraction of sp³-hybridized carbons (Fsp3) is 0.933. The first kappa shape index (κ1) is 15.8. The van der Waals surface area contributed by atoms with E-state index in [0.717, 1.165) is 38.1 Å². The SMILES string of the molecule is CC(C)(C)C1CCC(C(=O)NCCCCCl)CC1. The number of amides is 1. The van der Waals surface area contributed by atoms with Gasteiger partial charge in [-0.05, 0) is 49.9 Å². The number of alkyl halides is 1. The minimum absolute atomic E-state index is 0.250. The number of halogens is 1. The molecular formula is C15H28ClNO. The van der Waals surface area contributed by atoms with Crippen LogP contribution in [0.3, 0.4) is 0 Å². The predicted molar refractivity (Wildman–Crippen MR) is 77.9 cm³/mol. The number of nitrogens with one attached hydrogen (secondary N) is 1. The van der Waals surface area contributed by atoms with Crippen LogP contribution >= 0.6 is 11.6 Å². The van der Waals surface area contributed by atoms with Crippen LogP contribution in [-0.4, -0.2) is 18.3 Å². The van der Waals surface area contributed by atoms with Gasteiger partial charge in [0, 0.05) is 18.3 Å². The van der Waals surface area contributed by atoms with Crippen molar-refractivity contribution in [1.82, 2.24) is 5.32 Å². The van der Waals surface area contributed by atoms with E-state index in [0.29, 0.717) is 11.3 Å². The summed E-state index contributed by atoms with van der Waals surface area (Å²) in [6.45, 7) is 7.71. The van der Waals surface area contributed by atoms with Crippen LogP contribution in [0.1, 0.15) is 59.3 Å². The van der Waals surface area contributed by atoms with E-state index in [9.17, 15) is 4.79 Å². The molecule has 0 aromatic carbocycles. The fourth-order valence-electron chi connectivity index (χ4n) is 2.80. The van der Waals surface area contributed by atoms with Gasteiger partial charge < -0.3 is 5.32 Å². The van der Waals surface area contributed by atoms with E-state index in [1.54, 1.807) is 0 Å². The molecule has 18 heavy (non-hydrogen) atoms. The molecule has 106 valence electrons. The van der Waals surface area contributed by atoms with Crippen molar-refractivity contribution in [2.24, 2.45) is 17.3 Å². The van der Waals surface area contributed by atoms with Gasteiger partial charge in [0.15, 0.2) is 0 Å². The molecule has 1 aliphatic carbocycles.